The Balaban J connectivity index is 1.39. The van der Waals surface area contributed by atoms with Gasteiger partial charge in [0.2, 0.25) is 5.91 Å². The first-order valence-electron chi connectivity index (χ1n) is 9.15. The molecule has 0 bridgehead atoms. The molecule has 0 saturated carbocycles. The summed E-state index contributed by atoms with van der Waals surface area (Å²) < 4.78 is 13.1. The Morgan fingerprint density at radius 3 is 2.50 bits per heavy atom. The van der Waals surface area contributed by atoms with Gasteiger partial charge in [-0.2, -0.15) is 0 Å². The van der Waals surface area contributed by atoms with Crippen LogP contribution in [0.25, 0.3) is 0 Å². The highest BCUT2D eigenvalue weighted by molar-refractivity contribution is 5.90. The van der Waals surface area contributed by atoms with Gasteiger partial charge in [-0.3, -0.25) is 9.69 Å². The number of anilines is 1. The van der Waals surface area contributed by atoms with Crippen molar-refractivity contribution in [3.8, 4) is 0 Å². The standard InChI is InChI=1S/C21H26FN3O/c1-17-5-2-3-6-18(17)16-25-13-11-24(12-14-25)10-9-21(26)23-20-8-4-7-19(22)15-20/h2-8,15H,9-14,16H2,1H3,(H,23,26). The van der Waals surface area contributed by atoms with E-state index in [1.165, 1.54) is 23.3 Å². The van der Waals surface area contributed by atoms with Gasteiger partial charge in [0.15, 0.2) is 0 Å². The van der Waals surface area contributed by atoms with Crippen LogP contribution in [0.4, 0.5) is 10.1 Å². The predicted octanol–water partition coefficient (Wildman–Crippen LogP) is 3.28. The highest BCUT2D eigenvalue weighted by Crippen LogP contribution is 2.13. The Morgan fingerprint density at radius 2 is 1.77 bits per heavy atom. The van der Waals surface area contributed by atoms with Gasteiger partial charge in [-0.15, -0.1) is 0 Å². The number of nitrogens with zero attached hydrogens (tertiary/aromatic N) is 2. The lowest BCUT2D eigenvalue weighted by molar-refractivity contribution is -0.116. The van der Waals surface area contributed by atoms with E-state index in [1.807, 2.05) is 0 Å². The number of hydrogen-bond acceptors (Lipinski definition) is 3. The molecule has 4 nitrogen and oxygen atoms in total. The second kappa shape index (κ2) is 8.92. The van der Waals surface area contributed by atoms with Gasteiger partial charge in [-0.25, -0.2) is 4.39 Å². The van der Waals surface area contributed by atoms with E-state index in [4.69, 9.17) is 0 Å². The number of amides is 1. The number of rotatable bonds is 6. The van der Waals surface area contributed by atoms with Crippen molar-refractivity contribution in [3.05, 3.63) is 65.5 Å². The minimum absolute atomic E-state index is 0.0714. The van der Waals surface area contributed by atoms with Crippen LogP contribution in [-0.4, -0.2) is 48.4 Å². The summed E-state index contributed by atoms with van der Waals surface area (Å²) in [4.78, 5) is 16.8. The normalized spacial score (nSPS) is 15.8. The van der Waals surface area contributed by atoms with Gasteiger partial charge in [-0.1, -0.05) is 30.3 Å². The molecule has 2 aromatic carbocycles. The average Bonchev–Trinajstić information content (AvgIpc) is 2.63. The molecule has 1 saturated heterocycles. The first-order chi connectivity index (χ1) is 12.6. The van der Waals surface area contributed by atoms with Crippen molar-refractivity contribution in [1.29, 1.82) is 0 Å². The number of carbonyl (C=O) groups is 1. The van der Waals surface area contributed by atoms with E-state index >= 15 is 0 Å². The van der Waals surface area contributed by atoms with Gasteiger partial charge < -0.3 is 10.2 Å². The molecule has 3 rings (SSSR count). The zero-order valence-corrected chi connectivity index (χ0v) is 15.2. The number of hydrogen-bond donors (Lipinski definition) is 1. The number of aryl methyl sites for hydroxylation is 1. The maximum absolute atomic E-state index is 13.1. The molecule has 2 aromatic rings. The topological polar surface area (TPSA) is 35.6 Å². The lowest BCUT2D eigenvalue weighted by Crippen LogP contribution is -2.46. The van der Waals surface area contributed by atoms with E-state index in [-0.39, 0.29) is 11.7 Å². The average molecular weight is 355 g/mol. The number of nitrogens with one attached hydrogen (secondary N) is 1. The minimum Gasteiger partial charge on any atom is -0.326 e. The first-order valence-corrected chi connectivity index (χ1v) is 9.15. The molecule has 0 spiro atoms. The Hall–Kier alpha value is -2.24. The summed E-state index contributed by atoms with van der Waals surface area (Å²) in [6, 6.07) is 14.5. The molecule has 138 valence electrons. The summed E-state index contributed by atoms with van der Waals surface area (Å²) in [7, 11) is 0. The maximum atomic E-state index is 13.1. The van der Waals surface area contributed by atoms with Crippen LogP contribution in [-0.2, 0) is 11.3 Å². The third-order valence-electron chi connectivity index (χ3n) is 4.88. The van der Waals surface area contributed by atoms with E-state index < -0.39 is 0 Å². The number of piperazine rings is 1. The van der Waals surface area contributed by atoms with Crippen molar-refractivity contribution in [2.75, 3.05) is 38.0 Å². The van der Waals surface area contributed by atoms with Crippen molar-refractivity contribution >= 4 is 11.6 Å². The molecule has 5 heteroatoms. The van der Waals surface area contributed by atoms with Crippen molar-refractivity contribution < 1.29 is 9.18 Å². The summed E-state index contributed by atoms with van der Waals surface area (Å²) in [5, 5.41) is 2.75. The summed E-state index contributed by atoms with van der Waals surface area (Å²) in [6.45, 7) is 7.85. The molecule has 26 heavy (non-hydrogen) atoms. The zero-order chi connectivity index (χ0) is 18.4. The Morgan fingerprint density at radius 1 is 1.04 bits per heavy atom. The van der Waals surface area contributed by atoms with E-state index in [1.54, 1.807) is 12.1 Å². The van der Waals surface area contributed by atoms with Gasteiger partial charge in [-0.05, 0) is 36.2 Å². The molecule has 1 aliphatic rings. The van der Waals surface area contributed by atoms with Gasteiger partial charge in [0.25, 0.3) is 0 Å². The first kappa shape index (κ1) is 18.5. The molecule has 0 atom stereocenters. The molecule has 1 N–H and O–H groups in total. The fraction of sp³-hybridized carbons (Fsp3) is 0.381. The lowest BCUT2D eigenvalue weighted by Gasteiger charge is -2.34. The van der Waals surface area contributed by atoms with Crippen LogP contribution in [0.2, 0.25) is 0 Å². The summed E-state index contributed by atoms with van der Waals surface area (Å²) >= 11 is 0. The monoisotopic (exact) mass is 355 g/mol. The van der Waals surface area contributed by atoms with Crippen molar-refractivity contribution in [1.82, 2.24) is 9.80 Å². The highest BCUT2D eigenvalue weighted by Gasteiger charge is 2.18. The molecular formula is C21H26FN3O. The number of carbonyl (C=O) groups excluding carboxylic acids is 1. The highest BCUT2D eigenvalue weighted by atomic mass is 19.1. The van der Waals surface area contributed by atoms with Gasteiger partial charge >= 0.3 is 0 Å². The van der Waals surface area contributed by atoms with E-state index in [9.17, 15) is 9.18 Å². The quantitative estimate of drug-likeness (QED) is 0.864. The van der Waals surface area contributed by atoms with Crippen LogP contribution in [0.5, 0.6) is 0 Å². The third kappa shape index (κ3) is 5.38. The fourth-order valence-electron chi connectivity index (χ4n) is 3.25. The number of benzene rings is 2. The second-order valence-electron chi connectivity index (χ2n) is 6.85. The van der Waals surface area contributed by atoms with Crippen LogP contribution in [0, 0.1) is 12.7 Å². The smallest absolute Gasteiger partial charge is 0.225 e. The summed E-state index contributed by atoms with van der Waals surface area (Å²) in [5.74, 6) is -0.412. The molecule has 1 amide bonds. The van der Waals surface area contributed by atoms with Crippen molar-refractivity contribution in [2.24, 2.45) is 0 Å². The Bertz CT molecular complexity index is 742. The molecule has 1 aliphatic heterocycles. The van der Waals surface area contributed by atoms with E-state index in [0.29, 0.717) is 12.1 Å². The van der Waals surface area contributed by atoms with Gasteiger partial charge in [0.1, 0.15) is 5.82 Å². The zero-order valence-electron chi connectivity index (χ0n) is 15.2. The third-order valence-corrected chi connectivity index (χ3v) is 4.88. The van der Waals surface area contributed by atoms with Crippen molar-refractivity contribution in [3.63, 3.8) is 0 Å². The second-order valence-corrected chi connectivity index (χ2v) is 6.85. The molecule has 0 aromatic heterocycles. The lowest BCUT2D eigenvalue weighted by atomic mass is 10.1. The Kier molecular flexibility index (Phi) is 6.36. The SMILES string of the molecule is Cc1ccccc1CN1CCN(CCC(=O)Nc2cccc(F)c2)CC1. The minimum atomic E-state index is -0.340. The molecule has 1 heterocycles. The molecule has 0 radical (unpaired) electrons. The fourth-order valence-corrected chi connectivity index (χ4v) is 3.25. The molecule has 0 aliphatic carbocycles. The molecule has 0 unspecified atom stereocenters. The van der Waals surface area contributed by atoms with Crippen LogP contribution in [0.3, 0.4) is 0 Å². The number of halogens is 1. The van der Waals surface area contributed by atoms with E-state index in [2.05, 4.69) is 46.3 Å². The maximum Gasteiger partial charge on any atom is 0.225 e. The summed E-state index contributed by atoms with van der Waals surface area (Å²) in [5.41, 5.74) is 3.23. The molecule has 1 fully saturated rings. The van der Waals surface area contributed by atoms with E-state index in [0.717, 1.165) is 39.3 Å². The van der Waals surface area contributed by atoms with Gasteiger partial charge in [0, 0.05) is 51.4 Å². The van der Waals surface area contributed by atoms with Crippen molar-refractivity contribution in [2.45, 2.75) is 19.9 Å². The van der Waals surface area contributed by atoms with Gasteiger partial charge in [0.05, 0.1) is 0 Å². The van der Waals surface area contributed by atoms with Crippen LogP contribution in [0.1, 0.15) is 17.5 Å². The summed E-state index contributed by atoms with van der Waals surface area (Å²) in [6.07, 6.45) is 0.425. The Labute approximate surface area is 154 Å². The van der Waals surface area contributed by atoms with Crippen LogP contribution in [0.15, 0.2) is 48.5 Å². The predicted molar refractivity (Wildman–Crippen MR) is 103 cm³/mol. The van der Waals surface area contributed by atoms with Crippen LogP contribution < -0.4 is 5.32 Å². The van der Waals surface area contributed by atoms with Crippen LogP contribution >= 0.6 is 0 Å². The largest absolute Gasteiger partial charge is 0.326 e. The molecular weight excluding hydrogens is 329 g/mol.